The van der Waals surface area contributed by atoms with Crippen LogP contribution in [0.15, 0.2) is 76.0 Å². The Hall–Kier alpha value is -3.60. The molecule has 0 bridgehead atoms. The highest BCUT2D eigenvalue weighted by molar-refractivity contribution is 5.82. The van der Waals surface area contributed by atoms with Crippen LogP contribution in [0.2, 0.25) is 0 Å². The van der Waals surface area contributed by atoms with E-state index < -0.39 is 0 Å². The van der Waals surface area contributed by atoms with Crippen molar-refractivity contribution < 1.29 is 9.47 Å². The molecule has 0 fully saturated rings. The van der Waals surface area contributed by atoms with Crippen LogP contribution < -0.4 is 4.74 Å². The van der Waals surface area contributed by atoms with Crippen molar-refractivity contribution in [1.82, 2.24) is 9.97 Å². The molecule has 4 unspecified atom stereocenters. The van der Waals surface area contributed by atoms with Gasteiger partial charge >= 0.3 is 0 Å². The normalized spacial score (nSPS) is 24.4. The number of aromatic nitrogens is 2. The first-order valence-electron chi connectivity index (χ1n) is 15.4. The zero-order valence-electron chi connectivity index (χ0n) is 25.2. The van der Waals surface area contributed by atoms with E-state index in [9.17, 15) is 0 Å². The standard InChI is InChI=1S/C36H43N3O2/c1-6-24-12-14-37-33-21-36(40-5)25(7-2)18-31(33)30(24)19-26-13-15-41-35-11-9-27(17-29(35)16-22(26)3)28-8-10-32-34(20-28)39-23(4)38-32/h8-11,14,17-18,20-22,24,26,33H,6-7,12-13,15-16,19H2,1-5H3,(H,38,39). The molecule has 3 heterocycles. The largest absolute Gasteiger partial charge is 0.497 e. The second-order valence-electron chi connectivity index (χ2n) is 12.0. The fourth-order valence-electron chi connectivity index (χ4n) is 7.02. The molecule has 2 aliphatic heterocycles. The van der Waals surface area contributed by atoms with Gasteiger partial charge in [-0.2, -0.15) is 0 Å². The molecular formula is C36H43N3O2. The van der Waals surface area contributed by atoms with Gasteiger partial charge in [0.05, 0.1) is 30.8 Å². The highest BCUT2D eigenvalue weighted by Gasteiger charge is 2.31. The first-order chi connectivity index (χ1) is 20.0. The summed E-state index contributed by atoms with van der Waals surface area (Å²) in [5.41, 5.74) is 10.1. The van der Waals surface area contributed by atoms with Crippen molar-refractivity contribution in [3.05, 3.63) is 82.4 Å². The Morgan fingerprint density at radius 3 is 2.73 bits per heavy atom. The Balaban J connectivity index is 1.29. The second-order valence-corrected chi connectivity index (χ2v) is 12.0. The smallest absolute Gasteiger partial charge is 0.122 e. The molecule has 1 aromatic heterocycles. The third-order valence-electron chi connectivity index (χ3n) is 9.46. The zero-order chi connectivity index (χ0) is 28.5. The van der Waals surface area contributed by atoms with Gasteiger partial charge in [-0.25, -0.2) is 4.98 Å². The van der Waals surface area contributed by atoms with Crippen molar-refractivity contribution in [2.24, 2.45) is 22.7 Å². The first-order valence-corrected chi connectivity index (χ1v) is 15.4. The molecule has 2 aromatic carbocycles. The molecule has 0 amide bonds. The van der Waals surface area contributed by atoms with Crippen molar-refractivity contribution in [2.45, 2.75) is 72.3 Å². The monoisotopic (exact) mass is 549 g/mol. The number of methoxy groups -OCH3 is 1. The number of rotatable bonds is 6. The van der Waals surface area contributed by atoms with E-state index in [1.165, 1.54) is 27.8 Å². The van der Waals surface area contributed by atoms with E-state index in [1.54, 1.807) is 12.7 Å². The lowest BCUT2D eigenvalue weighted by Crippen LogP contribution is -2.24. The molecule has 5 heteroatoms. The highest BCUT2D eigenvalue weighted by atomic mass is 16.5. The number of nitrogens with zero attached hydrogens (tertiary/aromatic N) is 2. The quantitative estimate of drug-likeness (QED) is 0.335. The summed E-state index contributed by atoms with van der Waals surface area (Å²) in [7, 11) is 1.77. The highest BCUT2D eigenvalue weighted by Crippen LogP contribution is 2.41. The van der Waals surface area contributed by atoms with Crippen molar-refractivity contribution in [3.8, 4) is 16.9 Å². The summed E-state index contributed by atoms with van der Waals surface area (Å²) in [6, 6.07) is 13.3. The van der Waals surface area contributed by atoms with Gasteiger partial charge in [-0.15, -0.1) is 0 Å². The molecule has 6 rings (SSSR count). The lowest BCUT2D eigenvalue weighted by molar-refractivity contribution is 0.218. The van der Waals surface area contributed by atoms with Gasteiger partial charge in [-0.1, -0.05) is 38.5 Å². The maximum Gasteiger partial charge on any atom is 0.122 e. The Kier molecular flexibility index (Phi) is 7.88. The topological polar surface area (TPSA) is 59.5 Å². The van der Waals surface area contributed by atoms with Crippen LogP contribution in [0.1, 0.15) is 64.3 Å². The molecule has 0 radical (unpaired) electrons. The number of nitrogens with one attached hydrogen (secondary N) is 1. The van der Waals surface area contributed by atoms with E-state index in [1.807, 2.05) is 6.92 Å². The minimum absolute atomic E-state index is 0.0613. The molecule has 5 nitrogen and oxygen atoms in total. The van der Waals surface area contributed by atoms with Gasteiger partial charge in [0, 0.05) is 6.21 Å². The van der Waals surface area contributed by atoms with Gasteiger partial charge in [0.25, 0.3) is 0 Å². The fraction of sp³-hybridized carbons (Fsp3) is 0.444. The lowest BCUT2D eigenvalue weighted by atomic mass is 9.75. The van der Waals surface area contributed by atoms with E-state index in [0.717, 1.165) is 73.5 Å². The third kappa shape index (κ3) is 5.51. The fourth-order valence-corrected chi connectivity index (χ4v) is 7.02. The van der Waals surface area contributed by atoms with Crippen LogP contribution in [0, 0.1) is 24.7 Å². The maximum atomic E-state index is 6.41. The number of allylic oxidation sites excluding steroid dienone is 2. The molecule has 0 saturated heterocycles. The summed E-state index contributed by atoms with van der Waals surface area (Å²) in [5, 5.41) is 0. The number of ether oxygens (including phenoxy) is 2. The first kappa shape index (κ1) is 27.6. The van der Waals surface area contributed by atoms with E-state index in [4.69, 9.17) is 14.5 Å². The van der Waals surface area contributed by atoms with Crippen molar-refractivity contribution in [2.75, 3.05) is 13.7 Å². The number of benzene rings is 2. The Bertz CT molecular complexity index is 1560. The average Bonchev–Trinajstić information content (AvgIpc) is 3.27. The van der Waals surface area contributed by atoms with Crippen molar-refractivity contribution >= 4 is 17.2 Å². The molecule has 4 atom stereocenters. The van der Waals surface area contributed by atoms with E-state index in [0.29, 0.717) is 17.8 Å². The summed E-state index contributed by atoms with van der Waals surface area (Å²) in [6.45, 7) is 9.74. The third-order valence-corrected chi connectivity index (χ3v) is 9.46. The number of imidazole rings is 1. The molecule has 0 spiro atoms. The predicted molar refractivity (Wildman–Crippen MR) is 169 cm³/mol. The Morgan fingerprint density at radius 2 is 1.93 bits per heavy atom. The molecule has 1 aliphatic carbocycles. The van der Waals surface area contributed by atoms with Gasteiger partial charge in [-0.05, 0) is 127 Å². The van der Waals surface area contributed by atoms with Crippen LogP contribution in [-0.2, 0) is 11.2 Å². The number of hydrogen-bond donors (Lipinski definition) is 1. The van der Waals surface area contributed by atoms with Crippen LogP contribution in [0.3, 0.4) is 0 Å². The summed E-state index contributed by atoms with van der Waals surface area (Å²) in [4.78, 5) is 12.9. The second kappa shape index (κ2) is 11.7. The van der Waals surface area contributed by atoms with Gasteiger partial charge < -0.3 is 14.5 Å². The number of H-pyrrole nitrogens is 1. The number of aromatic amines is 1. The molecule has 41 heavy (non-hydrogen) atoms. The summed E-state index contributed by atoms with van der Waals surface area (Å²) in [5.74, 6) is 4.59. The van der Waals surface area contributed by atoms with Gasteiger partial charge in [0.1, 0.15) is 17.3 Å². The zero-order valence-corrected chi connectivity index (χ0v) is 25.2. The van der Waals surface area contributed by atoms with E-state index in [2.05, 4.69) is 85.5 Å². The number of hydrogen-bond acceptors (Lipinski definition) is 4. The van der Waals surface area contributed by atoms with Crippen molar-refractivity contribution in [3.63, 3.8) is 0 Å². The van der Waals surface area contributed by atoms with Crippen LogP contribution >= 0.6 is 0 Å². The average molecular weight is 550 g/mol. The summed E-state index contributed by atoms with van der Waals surface area (Å²) < 4.78 is 12.2. The minimum Gasteiger partial charge on any atom is -0.497 e. The number of aryl methyl sites for hydroxylation is 1. The van der Waals surface area contributed by atoms with Crippen molar-refractivity contribution in [1.29, 1.82) is 0 Å². The number of aliphatic imine (C=N–C) groups is 1. The minimum atomic E-state index is 0.0613. The number of fused-ring (bicyclic) bond motifs is 3. The Morgan fingerprint density at radius 1 is 1.10 bits per heavy atom. The van der Waals surface area contributed by atoms with E-state index in [-0.39, 0.29) is 6.04 Å². The van der Waals surface area contributed by atoms with Crippen LogP contribution in [0.4, 0.5) is 0 Å². The van der Waals surface area contributed by atoms with Crippen LogP contribution in [0.25, 0.3) is 22.2 Å². The molecular weight excluding hydrogens is 506 g/mol. The summed E-state index contributed by atoms with van der Waals surface area (Å²) >= 11 is 0. The van der Waals surface area contributed by atoms with Gasteiger partial charge in [-0.3, -0.25) is 4.99 Å². The van der Waals surface area contributed by atoms with Crippen LogP contribution in [-0.4, -0.2) is 35.9 Å². The molecule has 3 aliphatic rings. The predicted octanol–water partition coefficient (Wildman–Crippen LogP) is 8.55. The molecule has 0 saturated carbocycles. The molecule has 3 aromatic rings. The summed E-state index contributed by atoms with van der Waals surface area (Å²) in [6.07, 6.45) is 13.1. The van der Waals surface area contributed by atoms with Crippen LogP contribution in [0.5, 0.6) is 5.75 Å². The van der Waals surface area contributed by atoms with E-state index >= 15 is 0 Å². The molecule has 1 N–H and O–H groups in total. The van der Waals surface area contributed by atoms with Gasteiger partial charge in [0.2, 0.25) is 0 Å². The van der Waals surface area contributed by atoms with Gasteiger partial charge in [0.15, 0.2) is 0 Å². The molecule has 214 valence electrons. The lowest BCUT2D eigenvalue weighted by Gasteiger charge is -2.32. The maximum absolute atomic E-state index is 6.41. The Labute approximate surface area is 244 Å². The SMILES string of the molecule is CCC1=CC2=C(CC3CCOc4ccc(-c5ccc6nc(C)[nH]c6c5)cc4CC3C)C(CC)CC=NC2C=C1OC.